The van der Waals surface area contributed by atoms with Crippen molar-refractivity contribution in [3.63, 3.8) is 0 Å². The van der Waals surface area contributed by atoms with Crippen molar-refractivity contribution in [1.82, 2.24) is 0 Å². The first-order valence-corrected chi connectivity index (χ1v) is 7.28. The van der Waals surface area contributed by atoms with Crippen molar-refractivity contribution >= 4 is 11.7 Å². The summed E-state index contributed by atoms with van der Waals surface area (Å²) in [5.74, 6) is 0.353. The molecule has 4 heteroatoms. The van der Waals surface area contributed by atoms with E-state index >= 15 is 0 Å². The Hall–Kier alpha value is -2.23. The second kappa shape index (κ2) is 6.04. The first kappa shape index (κ1) is 13.7. The number of benzene rings is 1. The van der Waals surface area contributed by atoms with Crippen LogP contribution in [0.4, 0.5) is 5.69 Å². The van der Waals surface area contributed by atoms with Crippen molar-refractivity contribution in [2.45, 2.75) is 32.2 Å². The molecule has 4 nitrogen and oxygen atoms in total. The molecule has 0 radical (unpaired) electrons. The van der Waals surface area contributed by atoms with Gasteiger partial charge in [0.1, 0.15) is 12.0 Å². The Morgan fingerprint density at radius 1 is 1.33 bits per heavy atom. The normalized spacial score (nSPS) is 13.6. The lowest BCUT2D eigenvalue weighted by Gasteiger charge is -2.19. The number of anilines is 1. The van der Waals surface area contributed by atoms with Crippen LogP contribution in [0.5, 0.6) is 0 Å². The predicted molar refractivity (Wildman–Crippen MR) is 80.5 cm³/mol. The highest BCUT2D eigenvalue weighted by molar-refractivity contribution is 5.89. The molecule has 0 spiro atoms. The van der Waals surface area contributed by atoms with Gasteiger partial charge in [0.25, 0.3) is 0 Å². The van der Waals surface area contributed by atoms with E-state index < -0.39 is 0 Å². The summed E-state index contributed by atoms with van der Waals surface area (Å²) in [7, 11) is 1.36. The largest absolute Gasteiger partial charge is 0.467 e. The fraction of sp³-hybridized carbons (Fsp3) is 0.353. The Balaban J connectivity index is 1.70. The quantitative estimate of drug-likeness (QED) is 0.873. The average Bonchev–Trinajstić information content (AvgIpc) is 3.01. The van der Waals surface area contributed by atoms with E-state index in [1.54, 1.807) is 6.07 Å². The molecule has 0 fully saturated rings. The zero-order valence-corrected chi connectivity index (χ0v) is 12.1. The van der Waals surface area contributed by atoms with Gasteiger partial charge in [0, 0.05) is 5.69 Å². The van der Waals surface area contributed by atoms with E-state index in [-0.39, 0.29) is 5.97 Å². The fourth-order valence-corrected chi connectivity index (χ4v) is 2.83. The summed E-state index contributed by atoms with van der Waals surface area (Å²) in [4.78, 5) is 11.4. The van der Waals surface area contributed by atoms with E-state index in [1.807, 2.05) is 0 Å². The van der Waals surface area contributed by atoms with Gasteiger partial charge in [0.15, 0.2) is 0 Å². The van der Waals surface area contributed by atoms with Gasteiger partial charge in [-0.2, -0.15) is 0 Å². The number of esters is 1. The van der Waals surface area contributed by atoms with Gasteiger partial charge in [-0.05, 0) is 48.9 Å². The number of aryl methyl sites for hydroxylation is 1. The monoisotopic (exact) mass is 285 g/mol. The topological polar surface area (TPSA) is 51.5 Å². The average molecular weight is 285 g/mol. The zero-order chi connectivity index (χ0) is 14.7. The molecule has 1 aromatic carbocycles. The standard InChI is InChI=1S/C17H19NO3/c1-20-17(19)13-9-14(21-11-13)10-18-16-8-4-6-12-5-2-3-7-15(12)16/h4,6,8-9,11,18H,2-3,5,7,10H2,1H3. The van der Waals surface area contributed by atoms with Crippen LogP contribution in [0.1, 0.15) is 40.1 Å². The first-order chi connectivity index (χ1) is 10.3. The molecule has 3 rings (SSSR count). The van der Waals surface area contributed by atoms with Gasteiger partial charge in [-0.15, -0.1) is 0 Å². The second-order valence-corrected chi connectivity index (χ2v) is 5.30. The number of hydrogen-bond acceptors (Lipinski definition) is 4. The highest BCUT2D eigenvalue weighted by Gasteiger charge is 2.14. The van der Waals surface area contributed by atoms with Crippen molar-refractivity contribution in [3.05, 3.63) is 53.0 Å². The molecule has 110 valence electrons. The lowest BCUT2D eigenvalue weighted by Crippen LogP contribution is -2.08. The summed E-state index contributed by atoms with van der Waals surface area (Å²) in [5.41, 5.74) is 4.48. The molecule has 1 heterocycles. The van der Waals surface area contributed by atoms with Gasteiger partial charge in [0.05, 0.1) is 19.2 Å². The number of methoxy groups -OCH3 is 1. The Kier molecular flexibility index (Phi) is 3.95. The maximum atomic E-state index is 11.4. The third-order valence-electron chi connectivity index (χ3n) is 3.92. The zero-order valence-electron chi connectivity index (χ0n) is 12.1. The van der Waals surface area contributed by atoms with Gasteiger partial charge < -0.3 is 14.5 Å². The van der Waals surface area contributed by atoms with E-state index in [1.165, 1.54) is 43.0 Å². The van der Waals surface area contributed by atoms with Crippen LogP contribution in [-0.4, -0.2) is 13.1 Å². The molecular formula is C17H19NO3. The van der Waals surface area contributed by atoms with E-state index in [2.05, 4.69) is 28.3 Å². The van der Waals surface area contributed by atoms with Crippen molar-refractivity contribution in [2.75, 3.05) is 12.4 Å². The molecule has 1 N–H and O–H groups in total. The minimum Gasteiger partial charge on any atom is -0.467 e. The van der Waals surface area contributed by atoms with E-state index in [4.69, 9.17) is 4.42 Å². The maximum Gasteiger partial charge on any atom is 0.341 e. The van der Waals surface area contributed by atoms with Crippen LogP contribution in [0.25, 0.3) is 0 Å². The van der Waals surface area contributed by atoms with Crippen molar-refractivity contribution in [2.24, 2.45) is 0 Å². The van der Waals surface area contributed by atoms with Crippen LogP contribution in [0.3, 0.4) is 0 Å². The summed E-state index contributed by atoms with van der Waals surface area (Å²) < 4.78 is 10.1. The summed E-state index contributed by atoms with van der Waals surface area (Å²) in [6, 6.07) is 8.12. The Labute approximate surface area is 124 Å². The van der Waals surface area contributed by atoms with E-state index in [9.17, 15) is 4.79 Å². The van der Waals surface area contributed by atoms with Crippen LogP contribution in [0.15, 0.2) is 34.9 Å². The molecule has 1 aliphatic carbocycles. The molecule has 0 aliphatic heterocycles. The smallest absolute Gasteiger partial charge is 0.341 e. The lowest BCUT2D eigenvalue weighted by molar-refractivity contribution is 0.0600. The number of carbonyl (C=O) groups is 1. The van der Waals surface area contributed by atoms with Gasteiger partial charge in [-0.1, -0.05) is 12.1 Å². The van der Waals surface area contributed by atoms with Crippen molar-refractivity contribution < 1.29 is 13.9 Å². The van der Waals surface area contributed by atoms with Crippen molar-refractivity contribution in [1.29, 1.82) is 0 Å². The number of nitrogens with one attached hydrogen (secondary N) is 1. The van der Waals surface area contributed by atoms with Gasteiger partial charge in [-0.25, -0.2) is 4.79 Å². The maximum absolute atomic E-state index is 11.4. The van der Waals surface area contributed by atoms with Gasteiger partial charge in [0.2, 0.25) is 0 Å². The molecular weight excluding hydrogens is 266 g/mol. The van der Waals surface area contributed by atoms with E-state index in [0.717, 1.165) is 18.6 Å². The first-order valence-electron chi connectivity index (χ1n) is 7.28. The summed E-state index contributed by atoms with van der Waals surface area (Å²) in [6.07, 6.45) is 6.25. The summed E-state index contributed by atoms with van der Waals surface area (Å²) >= 11 is 0. The number of furan rings is 1. The molecule has 0 atom stereocenters. The number of fused-ring (bicyclic) bond motifs is 1. The highest BCUT2D eigenvalue weighted by atomic mass is 16.5. The SMILES string of the molecule is COC(=O)c1coc(CNc2cccc3c2CCCC3)c1. The van der Waals surface area contributed by atoms with Crippen LogP contribution in [0.2, 0.25) is 0 Å². The van der Waals surface area contributed by atoms with Gasteiger partial charge >= 0.3 is 5.97 Å². The molecule has 0 saturated heterocycles. The van der Waals surface area contributed by atoms with Crippen LogP contribution < -0.4 is 5.32 Å². The van der Waals surface area contributed by atoms with Crippen LogP contribution >= 0.6 is 0 Å². The molecule has 0 saturated carbocycles. The molecule has 21 heavy (non-hydrogen) atoms. The van der Waals surface area contributed by atoms with E-state index in [0.29, 0.717) is 12.1 Å². The third-order valence-corrected chi connectivity index (χ3v) is 3.92. The number of rotatable bonds is 4. The van der Waals surface area contributed by atoms with Gasteiger partial charge in [-0.3, -0.25) is 0 Å². The molecule has 0 bridgehead atoms. The molecule has 2 aromatic rings. The second-order valence-electron chi connectivity index (χ2n) is 5.30. The summed E-state index contributed by atoms with van der Waals surface area (Å²) in [5, 5.41) is 3.41. The minimum atomic E-state index is -0.373. The lowest BCUT2D eigenvalue weighted by atomic mass is 9.90. The number of carbonyl (C=O) groups excluding carboxylic acids is 1. The van der Waals surface area contributed by atoms with Crippen LogP contribution in [-0.2, 0) is 24.1 Å². The highest BCUT2D eigenvalue weighted by Crippen LogP contribution is 2.28. The summed E-state index contributed by atoms with van der Waals surface area (Å²) in [6.45, 7) is 0.563. The Morgan fingerprint density at radius 3 is 3.05 bits per heavy atom. The molecule has 1 aromatic heterocycles. The van der Waals surface area contributed by atoms with Crippen molar-refractivity contribution in [3.8, 4) is 0 Å². The Morgan fingerprint density at radius 2 is 2.19 bits per heavy atom. The molecule has 1 aliphatic rings. The Bertz CT molecular complexity index is 645. The number of ether oxygens (including phenoxy) is 1. The predicted octanol–water partition coefficient (Wildman–Crippen LogP) is 3.56. The van der Waals surface area contributed by atoms with Crippen LogP contribution in [0, 0.1) is 0 Å². The third kappa shape index (κ3) is 2.94. The fourth-order valence-electron chi connectivity index (χ4n) is 2.83. The molecule has 0 unspecified atom stereocenters. The minimum absolute atomic E-state index is 0.373. The molecule has 0 amide bonds. The number of hydrogen-bond donors (Lipinski definition) is 1.